The number of carbonyl (C=O) groups excluding carboxylic acids is 1. The van der Waals surface area contributed by atoms with Crippen LogP contribution in [0.3, 0.4) is 0 Å². The predicted molar refractivity (Wildman–Crippen MR) is 110 cm³/mol. The Morgan fingerprint density at radius 3 is 2.52 bits per heavy atom. The molecule has 1 N–H and O–H groups in total. The van der Waals surface area contributed by atoms with E-state index in [4.69, 9.17) is 0 Å². The lowest BCUT2D eigenvalue weighted by Gasteiger charge is -2.19. The third-order valence-corrected chi connectivity index (χ3v) is 6.72. The maximum atomic E-state index is 15.8. The van der Waals surface area contributed by atoms with Crippen molar-refractivity contribution in [3.05, 3.63) is 59.7 Å². The molecule has 1 saturated heterocycles. The lowest BCUT2D eigenvalue weighted by Crippen LogP contribution is -2.34. The number of hydrogen-bond acceptors (Lipinski definition) is 3. The van der Waals surface area contributed by atoms with Gasteiger partial charge >= 0.3 is 0 Å². The Labute approximate surface area is 179 Å². The van der Waals surface area contributed by atoms with E-state index in [0.717, 1.165) is 18.4 Å². The van der Waals surface area contributed by atoms with E-state index in [2.05, 4.69) is 4.72 Å². The van der Waals surface area contributed by atoms with Gasteiger partial charge in [-0.15, -0.1) is 0 Å². The third kappa shape index (κ3) is 4.34. The summed E-state index contributed by atoms with van der Waals surface area (Å²) in [7, 11) is -3.32. The van der Waals surface area contributed by atoms with Crippen molar-refractivity contribution in [2.24, 2.45) is 11.8 Å². The summed E-state index contributed by atoms with van der Waals surface area (Å²) in [6, 6.07) is 9.57. The Morgan fingerprint density at radius 1 is 1.16 bits per heavy atom. The van der Waals surface area contributed by atoms with Gasteiger partial charge in [-0.2, -0.15) is 0 Å². The molecule has 166 valence electrons. The van der Waals surface area contributed by atoms with Crippen molar-refractivity contribution in [1.82, 2.24) is 9.62 Å². The van der Waals surface area contributed by atoms with Crippen LogP contribution in [0, 0.1) is 23.5 Å². The van der Waals surface area contributed by atoms with Crippen molar-refractivity contribution in [3.8, 4) is 11.1 Å². The number of carbonyl (C=O) groups is 1. The standard InChI is InChI=1S/C22H23F3N2O3S/c1-31(29,30)26-12-14-9-10-27(13-14)21(28)17-11-22(17,25)16-6-3-2-5-15(16)20-18(23)7-4-8-19(20)24/h2-8,14,17,26H,9-13H2,1H3/t14?,17-,22+/m0/s1. The van der Waals surface area contributed by atoms with Gasteiger partial charge in [-0.25, -0.2) is 26.3 Å². The molecule has 4 rings (SSSR count). The molecule has 5 nitrogen and oxygen atoms in total. The first-order chi connectivity index (χ1) is 14.6. The van der Waals surface area contributed by atoms with Crippen molar-refractivity contribution in [3.63, 3.8) is 0 Å². The van der Waals surface area contributed by atoms with E-state index < -0.39 is 33.2 Å². The van der Waals surface area contributed by atoms with E-state index in [-0.39, 0.29) is 41.5 Å². The Morgan fingerprint density at radius 2 is 1.84 bits per heavy atom. The number of sulfonamides is 1. The van der Waals surface area contributed by atoms with Gasteiger partial charge in [0.05, 0.1) is 17.7 Å². The molecule has 0 bridgehead atoms. The first-order valence-electron chi connectivity index (χ1n) is 10.1. The highest BCUT2D eigenvalue weighted by molar-refractivity contribution is 7.88. The number of nitrogens with one attached hydrogen (secondary N) is 1. The summed E-state index contributed by atoms with van der Waals surface area (Å²) in [6.07, 6.45) is 1.64. The quantitative estimate of drug-likeness (QED) is 0.732. The molecule has 2 aromatic rings. The fourth-order valence-electron chi connectivity index (χ4n) is 4.33. The molecule has 0 spiro atoms. The largest absolute Gasteiger partial charge is 0.342 e. The smallest absolute Gasteiger partial charge is 0.229 e. The van der Waals surface area contributed by atoms with Crippen molar-refractivity contribution >= 4 is 15.9 Å². The van der Waals surface area contributed by atoms with Crippen molar-refractivity contribution in [2.45, 2.75) is 18.5 Å². The highest BCUT2D eigenvalue weighted by Gasteiger charge is 2.62. The molecule has 9 heteroatoms. The van der Waals surface area contributed by atoms with Gasteiger partial charge in [-0.1, -0.05) is 30.3 Å². The monoisotopic (exact) mass is 452 g/mol. The number of nitrogens with zero attached hydrogens (tertiary/aromatic N) is 1. The second kappa shape index (κ2) is 7.94. The molecule has 1 aliphatic carbocycles. The van der Waals surface area contributed by atoms with Crippen LogP contribution in [0.15, 0.2) is 42.5 Å². The second-order valence-electron chi connectivity index (χ2n) is 8.32. The molecule has 2 fully saturated rings. The topological polar surface area (TPSA) is 66.5 Å². The molecule has 3 atom stereocenters. The minimum Gasteiger partial charge on any atom is -0.342 e. The van der Waals surface area contributed by atoms with Gasteiger partial charge in [0, 0.05) is 26.1 Å². The summed E-state index contributed by atoms with van der Waals surface area (Å²) in [6.45, 7) is 0.992. The van der Waals surface area contributed by atoms with Crippen molar-refractivity contribution in [1.29, 1.82) is 0 Å². The van der Waals surface area contributed by atoms with Crippen molar-refractivity contribution < 1.29 is 26.4 Å². The number of likely N-dealkylation sites (tertiary alicyclic amines) is 1. The normalized spacial score (nSPS) is 25.6. The summed E-state index contributed by atoms with van der Waals surface area (Å²) >= 11 is 0. The zero-order valence-electron chi connectivity index (χ0n) is 16.9. The van der Waals surface area contributed by atoms with Gasteiger partial charge in [0.1, 0.15) is 17.3 Å². The van der Waals surface area contributed by atoms with Crippen LogP contribution in [-0.2, 0) is 20.5 Å². The van der Waals surface area contributed by atoms with Crippen LogP contribution in [0.5, 0.6) is 0 Å². The van der Waals surface area contributed by atoms with E-state index in [1.807, 2.05) is 0 Å². The van der Waals surface area contributed by atoms with Crippen LogP contribution < -0.4 is 4.72 Å². The fourth-order valence-corrected chi connectivity index (χ4v) is 4.86. The van der Waals surface area contributed by atoms with Gasteiger partial charge in [0.25, 0.3) is 0 Å². The van der Waals surface area contributed by atoms with E-state index in [0.29, 0.717) is 19.5 Å². The minimum atomic E-state index is -3.32. The molecule has 1 aliphatic heterocycles. The maximum Gasteiger partial charge on any atom is 0.229 e. The first-order valence-corrected chi connectivity index (χ1v) is 12.0. The molecule has 2 aromatic carbocycles. The van der Waals surface area contributed by atoms with Gasteiger partial charge in [-0.3, -0.25) is 4.79 Å². The van der Waals surface area contributed by atoms with E-state index in [1.165, 1.54) is 18.2 Å². The summed E-state index contributed by atoms with van der Waals surface area (Å²) in [5, 5.41) is 0. The van der Waals surface area contributed by atoms with Crippen LogP contribution in [0.2, 0.25) is 0 Å². The third-order valence-electron chi connectivity index (χ3n) is 6.03. The highest BCUT2D eigenvalue weighted by Crippen LogP contribution is 2.58. The molecule has 0 radical (unpaired) electrons. The SMILES string of the molecule is CS(=O)(=O)NCC1CCN(C(=O)[C@@H]2C[C@@]2(F)c2ccccc2-c2c(F)cccc2F)C1. The second-order valence-corrected chi connectivity index (χ2v) is 10.2. The van der Waals surface area contributed by atoms with Gasteiger partial charge in [0.15, 0.2) is 0 Å². The van der Waals surface area contributed by atoms with Crippen molar-refractivity contribution in [2.75, 3.05) is 25.9 Å². The summed E-state index contributed by atoms with van der Waals surface area (Å²) in [5.74, 6) is -2.90. The summed E-state index contributed by atoms with van der Waals surface area (Å²) < 4.78 is 69.5. The average Bonchev–Trinajstić information content (AvgIpc) is 3.18. The Balaban J connectivity index is 1.52. The van der Waals surface area contributed by atoms with E-state index >= 15 is 4.39 Å². The molecular formula is C22H23F3N2O3S. The Bertz CT molecular complexity index is 1100. The number of hydrogen-bond donors (Lipinski definition) is 1. The van der Waals surface area contributed by atoms with Crippen LogP contribution >= 0.6 is 0 Å². The average molecular weight is 452 g/mol. The summed E-state index contributed by atoms with van der Waals surface area (Å²) in [5.41, 5.74) is -2.09. The lowest BCUT2D eigenvalue weighted by atomic mass is 9.93. The van der Waals surface area contributed by atoms with E-state index in [9.17, 15) is 22.0 Å². The predicted octanol–water partition coefficient (Wildman–Crippen LogP) is 3.21. The number of halogens is 3. The Hall–Kier alpha value is -2.39. The van der Waals surface area contributed by atoms with Crippen LogP contribution in [0.4, 0.5) is 13.2 Å². The van der Waals surface area contributed by atoms with Gasteiger partial charge < -0.3 is 4.90 Å². The molecular weight excluding hydrogens is 429 g/mol. The van der Waals surface area contributed by atoms with Gasteiger partial charge in [0.2, 0.25) is 15.9 Å². The molecule has 1 unspecified atom stereocenters. The molecule has 1 amide bonds. The zero-order chi connectivity index (χ0) is 22.4. The van der Waals surface area contributed by atoms with E-state index in [1.54, 1.807) is 17.0 Å². The van der Waals surface area contributed by atoms with Crippen LogP contribution in [0.1, 0.15) is 18.4 Å². The lowest BCUT2D eigenvalue weighted by molar-refractivity contribution is -0.132. The zero-order valence-corrected chi connectivity index (χ0v) is 17.8. The number of amides is 1. The number of benzene rings is 2. The summed E-state index contributed by atoms with van der Waals surface area (Å²) in [4.78, 5) is 14.5. The van der Waals surface area contributed by atoms with Gasteiger partial charge in [-0.05, 0) is 35.6 Å². The number of alkyl halides is 1. The molecule has 31 heavy (non-hydrogen) atoms. The molecule has 1 saturated carbocycles. The minimum absolute atomic E-state index is 0.0359. The van der Waals surface area contributed by atoms with Crippen LogP contribution in [0.25, 0.3) is 11.1 Å². The first kappa shape index (κ1) is 21.8. The Kier molecular flexibility index (Phi) is 5.59. The molecule has 0 aromatic heterocycles. The number of rotatable bonds is 6. The maximum absolute atomic E-state index is 15.8. The highest BCUT2D eigenvalue weighted by atomic mass is 32.2. The molecule has 1 heterocycles. The fraction of sp³-hybridized carbons (Fsp3) is 0.409. The molecule has 2 aliphatic rings. The van der Waals surface area contributed by atoms with Crippen LogP contribution in [-0.4, -0.2) is 45.1 Å².